The van der Waals surface area contributed by atoms with E-state index in [1.165, 1.54) is 6.07 Å². The molecule has 0 aromatic heterocycles. The topological polar surface area (TPSA) is 12.0 Å². The summed E-state index contributed by atoms with van der Waals surface area (Å²) in [6.45, 7) is 0.718. The highest BCUT2D eigenvalue weighted by atomic mass is 127. The first-order valence-electron chi connectivity index (χ1n) is 3.33. The Balaban J connectivity index is 2.96. The quantitative estimate of drug-likeness (QED) is 0.808. The van der Waals surface area contributed by atoms with Crippen molar-refractivity contribution in [1.29, 1.82) is 0 Å². The molecular weight excluding hydrogens is 256 g/mol. The molecule has 0 heterocycles. The SMILES string of the molecule is CNCc1cccc(F)c1I. The average Bonchev–Trinajstić information content (AvgIpc) is 1.99. The van der Waals surface area contributed by atoms with Crippen LogP contribution in [0.1, 0.15) is 5.56 Å². The van der Waals surface area contributed by atoms with Crippen molar-refractivity contribution in [3.8, 4) is 0 Å². The fourth-order valence-electron chi connectivity index (χ4n) is 0.875. The van der Waals surface area contributed by atoms with Gasteiger partial charge in [0.2, 0.25) is 0 Å². The molecule has 0 aliphatic rings. The maximum absolute atomic E-state index is 12.9. The molecule has 0 radical (unpaired) electrons. The molecule has 1 nitrogen and oxygen atoms in total. The van der Waals surface area contributed by atoms with E-state index < -0.39 is 0 Å². The molecule has 60 valence electrons. The molecule has 0 amide bonds. The zero-order valence-corrected chi connectivity index (χ0v) is 8.35. The molecule has 3 heteroatoms. The van der Waals surface area contributed by atoms with Crippen LogP contribution in [-0.2, 0) is 6.54 Å². The average molecular weight is 265 g/mol. The van der Waals surface area contributed by atoms with Crippen LogP contribution in [0.4, 0.5) is 4.39 Å². The van der Waals surface area contributed by atoms with Gasteiger partial charge < -0.3 is 5.32 Å². The van der Waals surface area contributed by atoms with Gasteiger partial charge in [0.15, 0.2) is 0 Å². The lowest BCUT2D eigenvalue weighted by Gasteiger charge is -2.02. The lowest BCUT2D eigenvalue weighted by atomic mass is 10.2. The van der Waals surface area contributed by atoms with E-state index in [2.05, 4.69) is 5.32 Å². The summed E-state index contributed by atoms with van der Waals surface area (Å²) in [7, 11) is 1.85. The molecule has 0 fully saturated rings. The molecule has 0 spiro atoms. The summed E-state index contributed by atoms with van der Waals surface area (Å²) in [5.74, 6) is -0.140. The minimum Gasteiger partial charge on any atom is -0.316 e. The Kier molecular flexibility index (Phi) is 3.26. The predicted molar refractivity (Wildman–Crippen MR) is 51.9 cm³/mol. The van der Waals surface area contributed by atoms with Crippen molar-refractivity contribution in [2.75, 3.05) is 7.05 Å². The van der Waals surface area contributed by atoms with Gasteiger partial charge in [0.1, 0.15) is 5.82 Å². The first-order chi connectivity index (χ1) is 5.25. The second-order valence-electron chi connectivity index (χ2n) is 2.24. The number of nitrogens with one attached hydrogen (secondary N) is 1. The molecule has 0 aliphatic heterocycles. The first-order valence-corrected chi connectivity index (χ1v) is 4.41. The van der Waals surface area contributed by atoms with E-state index in [-0.39, 0.29) is 5.82 Å². The molecule has 1 aromatic rings. The molecule has 0 unspecified atom stereocenters. The van der Waals surface area contributed by atoms with Gasteiger partial charge in [0.05, 0.1) is 3.57 Å². The van der Waals surface area contributed by atoms with Crippen molar-refractivity contribution in [2.24, 2.45) is 0 Å². The van der Waals surface area contributed by atoms with Crippen molar-refractivity contribution in [1.82, 2.24) is 5.32 Å². The molecule has 0 aliphatic carbocycles. The molecular formula is C8H9FIN. The predicted octanol–water partition coefficient (Wildman–Crippen LogP) is 2.15. The van der Waals surface area contributed by atoms with Gasteiger partial charge in [-0.25, -0.2) is 4.39 Å². The molecule has 0 saturated carbocycles. The zero-order chi connectivity index (χ0) is 8.27. The van der Waals surface area contributed by atoms with E-state index in [0.717, 1.165) is 12.1 Å². The number of hydrogen-bond acceptors (Lipinski definition) is 1. The minimum atomic E-state index is -0.140. The van der Waals surface area contributed by atoms with Gasteiger partial charge in [-0.05, 0) is 41.3 Å². The fraction of sp³-hybridized carbons (Fsp3) is 0.250. The van der Waals surface area contributed by atoms with Crippen LogP contribution in [0.5, 0.6) is 0 Å². The van der Waals surface area contributed by atoms with E-state index in [1.807, 2.05) is 35.7 Å². The third kappa shape index (κ3) is 2.13. The molecule has 0 saturated heterocycles. The van der Waals surface area contributed by atoms with Crippen LogP contribution < -0.4 is 5.32 Å². The monoisotopic (exact) mass is 265 g/mol. The molecule has 1 aromatic carbocycles. The highest BCUT2D eigenvalue weighted by Gasteiger charge is 2.02. The van der Waals surface area contributed by atoms with Crippen molar-refractivity contribution in [2.45, 2.75) is 6.54 Å². The van der Waals surface area contributed by atoms with E-state index in [0.29, 0.717) is 3.57 Å². The van der Waals surface area contributed by atoms with Crippen LogP contribution in [0, 0.1) is 9.39 Å². The summed E-state index contributed by atoms with van der Waals surface area (Å²) in [6.07, 6.45) is 0. The normalized spacial score (nSPS) is 10.1. The Morgan fingerprint density at radius 1 is 1.55 bits per heavy atom. The molecule has 1 rings (SSSR count). The number of rotatable bonds is 2. The summed E-state index contributed by atoms with van der Waals surface area (Å²) in [4.78, 5) is 0. The third-order valence-electron chi connectivity index (χ3n) is 1.40. The highest BCUT2D eigenvalue weighted by molar-refractivity contribution is 14.1. The molecule has 0 atom stereocenters. The summed E-state index contributed by atoms with van der Waals surface area (Å²) in [5, 5.41) is 2.98. The van der Waals surface area contributed by atoms with Gasteiger partial charge in [0, 0.05) is 6.54 Å². The van der Waals surface area contributed by atoms with Crippen LogP contribution in [0.3, 0.4) is 0 Å². The van der Waals surface area contributed by atoms with Gasteiger partial charge in [-0.1, -0.05) is 12.1 Å². The molecule has 11 heavy (non-hydrogen) atoms. The van der Waals surface area contributed by atoms with Gasteiger partial charge in [-0.15, -0.1) is 0 Å². The van der Waals surface area contributed by atoms with Crippen LogP contribution in [0.2, 0.25) is 0 Å². The Hall–Kier alpha value is -0.160. The summed E-state index contributed by atoms with van der Waals surface area (Å²) >= 11 is 2.01. The van der Waals surface area contributed by atoms with E-state index in [1.54, 1.807) is 6.07 Å². The number of benzene rings is 1. The van der Waals surface area contributed by atoms with Crippen LogP contribution in [0.25, 0.3) is 0 Å². The second kappa shape index (κ2) is 4.01. The smallest absolute Gasteiger partial charge is 0.136 e. The Labute approximate surface area is 79.1 Å². The summed E-state index contributed by atoms with van der Waals surface area (Å²) in [5.41, 5.74) is 1.01. The van der Waals surface area contributed by atoms with E-state index in [4.69, 9.17) is 0 Å². The van der Waals surface area contributed by atoms with Gasteiger partial charge in [-0.2, -0.15) is 0 Å². The van der Waals surface area contributed by atoms with Gasteiger partial charge in [-0.3, -0.25) is 0 Å². The third-order valence-corrected chi connectivity index (χ3v) is 2.61. The van der Waals surface area contributed by atoms with Crippen molar-refractivity contribution >= 4 is 22.6 Å². The van der Waals surface area contributed by atoms with Crippen LogP contribution in [0.15, 0.2) is 18.2 Å². The molecule has 1 N–H and O–H groups in total. The highest BCUT2D eigenvalue weighted by Crippen LogP contribution is 2.15. The summed E-state index contributed by atoms with van der Waals surface area (Å²) < 4.78 is 13.6. The van der Waals surface area contributed by atoms with E-state index in [9.17, 15) is 4.39 Å². The second-order valence-corrected chi connectivity index (χ2v) is 3.32. The minimum absolute atomic E-state index is 0.140. The maximum atomic E-state index is 12.9. The zero-order valence-electron chi connectivity index (χ0n) is 6.20. The van der Waals surface area contributed by atoms with Gasteiger partial charge >= 0.3 is 0 Å². The number of halogens is 2. The standard InChI is InChI=1S/C8H9FIN/c1-11-5-6-3-2-4-7(9)8(6)10/h2-4,11H,5H2,1H3. The lowest BCUT2D eigenvalue weighted by molar-refractivity contribution is 0.615. The number of hydrogen-bond donors (Lipinski definition) is 1. The van der Waals surface area contributed by atoms with Crippen molar-refractivity contribution in [3.05, 3.63) is 33.1 Å². The van der Waals surface area contributed by atoms with Crippen LogP contribution >= 0.6 is 22.6 Å². The first kappa shape index (κ1) is 8.93. The van der Waals surface area contributed by atoms with Crippen LogP contribution in [-0.4, -0.2) is 7.05 Å². The van der Waals surface area contributed by atoms with Crippen molar-refractivity contribution in [3.63, 3.8) is 0 Å². The largest absolute Gasteiger partial charge is 0.316 e. The fourth-order valence-corrected chi connectivity index (χ4v) is 1.43. The van der Waals surface area contributed by atoms with Gasteiger partial charge in [0.25, 0.3) is 0 Å². The Morgan fingerprint density at radius 3 is 2.91 bits per heavy atom. The molecule has 0 bridgehead atoms. The summed E-state index contributed by atoms with van der Waals surface area (Å²) in [6, 6.07) is 5.12. The Morgan fingerprint density at radius 2 is 2.27 bits per heavy atom. The van der Waals surface area contributed by atoms with E-state index >= 15 is 0 Å². The van der Waals surface area contributed by atoms with Crippen molar-refractivity contribution < 1.29 is 4.39 Å². The lowest BCUT2D eigenvalue weighted by Crippen LogP contribution is -2.07. The Bertz CT molecular complexity index is 250. The maximum Gasteiger partial charge on any atom is 0.136 e.